The Balaban J connectivity index is 2.39. The molecule has 0 aliphatic carbocycles. The number of nitrogens with one attached hydrogen (secondary N) is 2. The summed E-state index contributed by atoms with van der Waals surface area (Å²) in [5.74, 6) is -1.49. The first-order valence-electron chi connectivity index (χ1n) is 13.6. The molecule has 3 N–H and O–H groups in total. The fraction of sp³-hybridized carbons (Fsp3) is 0.536. The minimum Gasteiger partial charge on any atom is -0.467 e. The topological polar surface area (TPSA) is 228 Å². The Hall–Kier alpha value is -4.44. The number of hydrogen-bond donors (Lipinski definition) is 3. The molecule has 1 aromatic rings. The third-order valence-corrected chi connectivity index (χ3v) is 6.84. The fourth-order valence-electron chi connectivity index (χ4n) is 3.91. The van der Waals surface area contributed by atoms with Crippen molar-refractivity contribution in [2.75, 3.05) is 44.2 Å². The average Bonchev–Trinajstić information content (AvgIpc) is 2.97. The lowest BCUT2D eigenvalue weighted by Crippen LogP contribution is -2.63. The number of benzene rings is 1. The van der Waals surface area contributed by atoms with Gasteiger partial charge in [-0.05, 0) is 17.7 Å². The number of carbonyl (C=O) groups is 5. The van der Waals surface area contributed by atoms with Crippen molar-refractivity contribution in [3.05, 3.63) is 23.8 Å². The van der Waals surface area contributed by atoms with E-state index >= 15 is 0 Å². The molecule has 0 bridgehead atoms. The summed E-state index contributed by atoms with van der Waals surface area (Å²) in [4.78, 5) is 61.0. The molecule has 1 aliphatic heterocycles. The number of sulfone groups is 1. The number of carbonyl (C=O) groups excluding carboxylic acids is 5. The highest BCUT2D eigenvalue weighted by atomic mass is 32.2. The molecule has 1 saturated heterocycles. The smallest absolute Gasteiger partial charge is 0.407 e. The molecule has 0 spiro atoms. The van der Waals surface area contributed by atoms with E-state index in [9.17, 15) is 37.5 Å². The number of anilines is 1. The molecule has 0 aromatic heterocycles. The lowest BCUT2D eigenvalue weighted by Gasteiger charge is -2.42. The molecule has 0 unspecified atom stereocenters. The van der Waals surface area contributed by atoms with Gasteiger partial charge in [0.25, 0.3) is 0 Å². The van der Waals surface area contributed by atoms with E-state index in [1.165, 1.54) is 18.2 Å². The molecule has 254 valence electrons. The molecule has 18 heteroatoms. The summed E-state index contributed by atoms with van der Waals surface area (Å²) >= 11 is 0. The van der Waals surface area contributed by atoms with Crippen LogP contribution < -0.4 is 15.4 Å². The molecule has 46 heavy (non-hydrogen) atoms. The maximum atomic E-state index is 12.7. The van der Waals surface area contributed by atoms with Crippen molar-refractivity contribution in [2.45, 2.75) is 57.6 Å². The maximum Gasteiger partial charge on any atom is 0.407 e. The monoisotopic (exact) mass is 672 g/mol. The van der Waals surface area contributed by atoms with Crippen LogP contribution in [0, 0.1) is 12.3 Å². The van der Waals surface area contributed by atoms with Crippen LogP contribution in [0.4, 0.5) is 10.5 Å². The number of aliphatic hydroxyl groups is 1. The Morgan fingerprint density at radius 3 is 2.37 bits per heavy atom. The highest BCUT2D eigenvalue weighted by Crippen LogP contribution is 2.33. The molecule has 2 amide bonds. The summed E-state index contributed by atoms with van der Waals surface area (Å²) in [6, 6.07) is 4.14. The van der Waals surface area contributed by atoms with Crippen LogP contribution in [0.15, 0.2) is 18.2 Å². The minimum atomic E-state index is -3.31. The van der Waals surface area contributed by atoms with Crippen molar-refractivity contribution in [3.8, 4) is 18.1 Å². The van der Waals surface area contributed by atoms with Gasteiger partial charge < -0.3 is 48.9 Å². The van der Waals surface area contributed by atoms with Gasteiger partial charge in [0.15, 0.2) is 12.2 Å². The lowest BCUT2D eigenvalue weighted by molar-refractivity contribution is -0.279. The van der Waals surface area contributed by atoms with Gasteiger partial charge in [0.2, 0.25) is 18.3 Å². The lowest BCUT2D eigenvalue weighted by atomic mass is 9.98. The number of ether oxygens (including phenoxy) is 7. The van der Waals surface area contributed by atoms with Crippen LogP contribution in [0.25, 0.3) is 0 Å². The van der Waals surface area contributed by atoms with E-state index in [2.05, 4.69) is 21.3 Å². The zero-order valence-corrected chi connectivity index (χ0v) is 26.3. The third kappa shape index (κ3) is 12.5. The van der Waals surface area contributed by atoms with Gasteiger partial charge in [0.05, 0.1) is 31.6 Å². The van der Waals surface area contributed by atoms with Gasteiger partial charge in [-0.2, -0.15) is 0 Å². The first kappa shape index (κ1) is 37.7. The van der Waals surface area contributed by atoms with Crippen LogP contribution in [0.2, 0.25) is 0 Å². The largest absolute Gasteiger partial charge is 0.467 e. The predicted octanol–water partition coefficient (Wildman–Crippen LogP) is -0.563. The molecular weight excluding hydrogens is 636 g/mol. The maximum absolute atomic E-state index is 12.7. The van der Waals surface area contributed by atoms with Crippen LogP contribution >= 0.6 is 0 Å². The van der Waals surface area contributed by atoms with Crippen molar-refractivity contribution in [2.24, 2.45) is 0 Å². The molecule has 0 saturated carbocycles. The summed E-state index contributed by atoms with van der Waals surface area (Å²) < 4.78 is 59.4. The molecular formula is C28H36N2O15S. The predicted molar refractivity (Wildman–Crippen MR) is 156 cm³/mol. The second kappa shape index (κ2) is 17.9. The van der Waals surface area contributed by atoms with Crippen LogP contribution in [0.1, 0.15) is 25.8 Å². The third-order valence-electron chi connectivity index (χ3n) is 5.89. The number of terminal acetylenes is 1. The van der Waals surface area contributed by atoms with E-state index in [-0.39, 0.29) is 50.0 Å². The van der Waals surface area contributed by atoms with Crippen LogP contribution in [-0.4, -0.2) is 113 Å². The Labute approximate surface area is 265 Å². The molecule has 5 atom stereocenters. The van der Waals surface area contributed by atoms with Crippen molar-refractivity contribution < 1.29 is 70.7 Å². The van der Waals surface area contributed by atoms with E-state index in [1.807, 2.05) is 0 Å². The summed E-state index contributed by atoms with van der Waals surface area (Å²) in [6.45, 7) is 1.54. The first-order chi connectivity index (χ1) is 21.6. The van der Waals surface area contributed by atoms with Crippen molar-refractivity contribution in [1.82, 2.24) is 5.32 Å². The molecule has 0 radical (unpaired) electrons. The van der Waals surface area contributed by atoms with Crippen LogP contribution in [-0.2, 0) is 64.0 Å². The highest BCUT2D eigenvalue weighted by molar-refractivity contribution is 7.90. The Bertz CT molecular complexity index is 1410. The van der Waals surface area contributed by atoms with E-state index in [0.29, 0.717) is 5.56 Å². The van der Waals surface area contributed by atoms with Crippen molar-refractivity contribution >= 4 is 45.4 Å². The number of methoxy groups -OCH3 is 1. The van der Waals surface area contributed by atoms with Crippen LogP contribution in [0.5, 0.6) is 5.75 Å². The first-order valence-corrected chi connectivity index (χ1v) is 15.7. The summed E-state index contributed by atoms with van der Waals surface area (Å²) in [7, 11) is -2.28. The van der Waals surface area contributed by atoms with Gasteiger partial charge in [-0.25, -0.2) is 18.0 Å². The van der Waals surface area contributed by atoms with Gasteiger partial charge in [0.1, 0.15) is 34.9 Å². The number of amides is 2. The molecule has 17 nitrogen and oxygen atoms in total. The summed E-state index contributed by atoms with van der Waals surface area (Å²) in [5, 5.41) is 15.7. The van der Waals surface area contributed by atoms with E-state index in [0.717, 1.165) is 27.2 Å². The SMILES string of the molecule is C#CCOCCC(=O)Nc1cc(COC(=O)NCCS(C)(=O)=O)ccc1O[C@@H]1O[C@H](C(=O)OC)[C@@H](O)[C@H](OC(C)=O)[C@H]1OC(C)=O. The Kier molecular flexibility index (Phi) is 14.7. The minimum absolute atomic E-state index is 0.00418. The number of hydrogen-bond acceptors (Lipinski definition) is 15. The van der Waals surface area contributed by atoms with Crippen molar-refractivity contribution in [1.29, 1.82) is 0 Å². The average molecular weight is 673 g/mol. The number of rotatable bonds is 15. The number of esters is 3. The van der Waals surface area contributed by atoms with Gasteiger partial charge in [-0.1, -0.05) is 12.0 Å². The zero-order valence-electron chi connectivity index (χ0n) is 25.5. The second-order valence-corrected chi connectivity index (χ2v) is 12.0. The molecule has 1 fully saturated rings. The molecule has 1 aliphatic rings. The van der Waals surface area contributed by atoms with Gasteiger partial charge >= 0.3 is 24.0 Å². The molecule has 1 aromatic carbocycles. The van der Waals surface area contributed by atoms with Crippen LogP contribution in [0.3, 0.4) is 0 Å². The summed E-state index contributed by atoms with van der Waals surface area (Å²) in [6.07, 6.45) is -3.38. The summed E-state index contributed by atoms with van der Waals surface area (Å²) in [5.41, 5.74) is 0.335. The van der Waals surface area contributed by atoms with Gasteiger partial charge in [-0.15, -0.1) is 6.42 Å². The van der Waals surface area contributed by atoms with E-state index in [4.69, 9.17) is 34.8 Å². The standard InChI is InChI=1S/C28H36N2O15S/c1-6-11-40-12-9-21(33)30-19-14-18(15-41-28(36)29-10-13-46(5,37)38)7-8-20(19)44-27-25(43-17(3)32)23(42-16(2)31)22(34)24(45-27)26(35)39-4/h1,7-8,14,22-25,27,34H,9-13,15H2,2-5H3,(H,29,36)(H,30,33)/t22-,23-,24-,25+,27+/m0/s1. The molecule has 1 heterocycles. The highest BCUT2D eigenvalue weighted by Gasteiger charge is 2.53. The number of alkyl carbamates (subject to hydrolysis) is 1. The fourth-order valence-corrected chi connectivity index (χ4v) is 4.38. The van der Waals surface area contributed by atoms with Gasteiger partial charge in [-0.3, -0.25) is 14.4 Å². The zero-order chi connectivity index (χ0) is 34.4. The van der Waals surface area contributed by atoms with E-state index < -0.39 is 70.5 Å². The Morgan fingerprint density at radius 2 is 1.76 bits per heavy atom. The molecule has 2 rings (SSSR count). The normalized spacial score (nSPS) is 20.7. The second-order valence-electron chi connectivity index (χ2n) is 9.72. The quantitative estimate of drug-likeness (QED) is 0.0918. The van der Waals surface area contributed by atoms with Crippen molar-refractivity contribution in [3.63, 3.8) is 0 Å². The number of aliphatic hydroxyl groups excluding tert-OH is 1. The van der Waals surface area contributed by atoms with Gasteiger partial charge in [0, 0.05) is 26.6 Å². The Morgan fingerprint density at radius 1 is 1.09 bits per heavy atom. The van der Waals surface area contributed by atoms with E-state index in [1.54, 1.807) is 0 Å².